The van der Waals surface area contributed by atoms with Gasteiger partial charge in [0.05, 0.1) is 11.1 Å². The number of carbonyl (C=O) groups excluding carboxylic acids is 2. The van der Waals surface area contributed by atoms with E-state index in [2.05, 4.69) is 10.6 Å². The maximum Gasteiger partial charge on any atom is 0.255 e. The fraction of sp³-hybridized carbons (Fsp3) is 0.0909. The molecule has 0 unspecified atom stereocenters. The number of rotatable bonds is 6. The van der Waals surface area contributed by atoms with Crippen molar-refractivity contribution in [3.05, 3.63) is 76.9 Å². The van der Waals surface area contributed by atoms with Crippen LogP contribution in [-0.4, -0.2) is 37.3 Å². The number of amides is 2. The van der Waals surface area contributed by atoms with E-state index in [-0.39, 0.29) is 24.4 Å². The summed E-state index contributed by atoms with van der Waals surface area (Å²) in [5, 5.41) is 53.2. The number of phenols is 5. The van der Waals surface area contributed by atoms with Crippen molar-refractivity contribution in [3.63, 3.8) is 0 Å². The largest absolute Gasteiger partial charge is 0.507 e. The highest BCUT2D eigenvalue weighted by Crippen LogP contribution is 2.43. The molecule has 0 spiro atoms. The fourth-order valence-corrected chi connectivity index (χ4v) is 2.88. The monoisotopic (exact) mass is 424 g/mol. The highest BCUT2D eigenvalue weighted by Gasteiger charge is 2.21. The van der Waals surface area contributed by atoms with Gasteiger partial charge in [-0.25, -0.2) is 0 Å². The average Bonchev–Trinajstić information content (AvgIpc) is 2.77. The second kappa shape index (κ2) is 8.95. The second-order valence-corrected chi connectivity index (χ2v) is 6.69. The molecule has 0 fully saturated rings. The predicted octanol–water partition coefficient (Wildman–Crippen LogP) is 2.07. The van der Waals surface area contributed by atoms with Crippen LogP contribution in [0.25, 0.3) is 0 Å². The molecule has 9 nitrogen and oxygen atoms in total. The van der Waals surface area contributed by atoms with Crippen molar-refractivity contribution in [2.75, 3.05) is 0 Å². The van der Waals surface area contributed by atoms with Crippen molar-refractivity contribution in [1.82, 2.24) is 10.6 Å². The van der Waals surface area contributed by atoms with E-state index in [1.807, 2.05) is 0 Å². The lowest BCUT2D eigenvalue weighted by molar-refractivity contribution is 0.0940. The Hall–Kier alpha value is -4.40. The third-order valence-corrected chi connectivity index (χ3v) is 4.52. The Bertz CT molecular complexity index is 1140. The van der Waals surface area contributed by atoms with Gasteiger partial charge in [-0.1, -0.05) is 36.4 Å². The molecule has 9 heteroatoms. The summed E-state index contributed by atoms with van der Waals surface area (Å²) in [5.41, 5.74) is 1.19. The zero-order chi connectivity index (χ0) is 22.5. The number of aromatic hydroxyl groups is 5. The van der Waals surface area contributed by atoms with Crippen molar-refractivity contribution >= 4 is 11.8 Å². The van der Waals surface area contributed by atoms with E-state index in [1.54, 1.807) is 36.4 Å². The quantitative estimate of drug-likeness (QED) is 0.236. The first kappa shape index (κ1) is 21.3. The molecule has 0 bridgehead atoms. The number of para-hydroxylation sites is 1. The van der Waals surface area contributed by atoms with Crippen molar-refractivity contribution in [2.45, 2.75) is 13.1 Å². The molecular formula is C22H20N2O7. The molecule has 31 heavy (non-hydrogen) atoms. The molecule has 7 N–H and O–H groups in total. The Morgan fingerprint density at radius 3 is 1.81 bits per heavy atom. The topological polar surface area (TPSA) is 159 Å². The van der Waals surface area contributed by atoms with E-state index in [9.17, 15) is 35.1 Å². The molecule has 160 valence electrons. The van der Waals surface area contributed by atoms with E-state index in [4.69, 9.17) is 0 Å². The third-order valence-electron chi connectivity index (χ3n) is 4.52. The van der Waals surface area contributed by atoms with Crippen LogP contribution in [0.2, 0.25) is 0 Å². The maximum atomic E-state index is 12.3. The Morgan fingerprint density at radius 1 is 0.613 bits per heavy atom. The molecule has 0 atom stereocenters. The standard InChI is InChI=1S/C22H20N2O7/c25-16-7-2-1-6-14(16)21(30)23-10-12-4-3-5-13(8-12)11-24-22(31)15-9-17(26)19(28)20(29)18(15)27/h1-9,25-29H,10-11H2,(H,23,30)(H,24,31). The summed E-state index contributed by atoms with van der Waals surface area (Å²) in [5.74, 6) is -4.84. The molecule has 3 aromatic carbocycles. The highest BCUT2D eigenvalue weighted by molar-refractivity contribution is 5.99. The summed E-state index contributed by atoms with van der Waals surface area (Å²) in [7, 11) is 0. The molecule has 3 rings (SSSR count). The second-order valence-electron chi connectivity index (χ2n) is 6.69. The highest BCUT2D eigenvalue weighted by atomic mass is 16.3. The molecule has 0 radical (unpaired) electrons. The van der Waals surface area contributed by atoms with Crippen molar-refractivity contribution < 1.29 is 35.1 Å². The van der Waals surface area contributed by atoms with E-state index in [0.717, 1.165) is 11.6 Å². The van der Waals surface area contributed by atoms with Gasteiger partial charge >= 0.3 is 0 Å². The Kier molecular flexibility index (Phi) is 6.15. The van der Waals surface area contributed by atoms with Gasteiger partial charge in [0.1, 0.15) is 5.75 Å². The lowest BCUT2D eigenvalue weighted by Crippen LogP contribution is -2.24. The number of phenolic OH excluding ortho intramolecular Hbond substituents is 5. The molecule has 0 aliphatic carbocycles. The van der Waals surface area contributed by atoms with E-state index < -0.39 is 40.4 Å². The molecule has 0 saturated heterocycles. The Labute approximate surface area is 176 Å². The minimum atomic E-state index is -0.993. The van der Waals surface area contributed by atoms with Gasteiger partial charge in [-0.3, -0.25) is 9.59 Å². The normalized spacial score (nSPS) is 10.5. The molecule has 0 aliphatic heterocycles. The smallest absolute Gasteiger partial charge is 0.255 e. The van der Waals surface area contributed by atoms with E-state index in [0.29, 0.717) is 5.56 Å². The summed E-state index contributed by atoms with van der Waals surface area (Å²) in [6, 6.07) is 14.0. The van der Waals surface area contributed by atoms with Crippen molar-refractivity contribution in [1.29, 1.82) is 0 Å². The van der Waals surface area contributed by atoms with Crippen molar-refractivity contribution in [3.8, 4) is 28.7 Å². The van der Waals surface area contributed by atoms with Gasteiger partial charge in [0, 0.05) is 19.2 Å². The summed E-state index contributed by atoms with van der Waals surface area (Å²) in [6.07, 6.45) is 0. The summed E-state index contributed by atoms with van der Waals surface area (Å²) in [4.78, 5) is 24.5. The van der Waals surface area contributed by atoms with Crippen LogP contribution in [0.4, 0.5) is 0 Å². The number of nitrogens with one attached hydrogen (secondary N) is 2. The molecule has 3 aromatic rings. The molecule has 0 aliphatic rings. The van der Waals surface area contributed by atoms with Crippen molar-refractivity contribution in [2.24, 2.45) is 0 Å². The van der Waals surface area contributed by atoms with Crippen LogP contribution in [0.15, 0.2) is 54.6 Å². The zero-order valence-corrected chi connectivity index (χ0v) is 16.2. The Morgan fingerprint density at radius 2 is 1.19 bits per heavy atom. The summed E-state index contributed by atoms with van der Waals surface area (Å²) < 4.78 is 0. The fourth-order valence-electron chi connectivity index (χ4n) is 2.88. The van der Waals surface area contributed by atoms with Gasteiger partial charge in [0.2, 0.25) is 11.5 Å². The van der Waals surface area contributed by atoms with Crippen LogP contribution in [0.5, 0.6) is 28.7 Å². The first-order valence-corrected chi connectivity index (χ1v) is 9.17. The van der Waals surface area contributed by atoms with Gasteiger partial charge in [-0.05, 0) is 23.3 Å². The van der Waals surface area contributed by atoms with Gasteiger partial charge in [-0.15, -0.1) is 0 Å². The van der Waals surface area contributed by atoms with Crippen LogP contribution >= 0.6 is 0 Å². The average molecular weight is 424 g/mol. The summed E-state index contributed by atoms with van der Waals surface area (Å²) in [6.45, 7) is 0.247. The van der Waals surface area contributed by atoms with Crippen LogP contribution in [0.1, 0.15) is 31.8 Å². The Balaban J connectivity index is 1.63. The molecular weight excluding hydrogens is 404 g/mol. The molecule has 2 amide bonds. The van der Waals surface area contributed by atoms with Crippen LogP contribution in [-0.2, 0) is 13.1 Å². The summed E-state index contributed by atoms with van der Waals surface area (Å²) >= 11 is 0. The number of benzene rings is 3. The number of carbonyl (C=O) groups is 2. The lowest BCUT2D eigenvalue weighted by atomic mass is 10.1. The first-order chi connectivity index (χ1) is 14.8. The lowest BCUT2D eigenvalue weighted by Gasteiger charge is -2.11. The molecule has 0 heterocycles. The predicted molar refractivity (Wildman–Crippen MR) is 110 cm³/mol. The number of hydrogen-bond donors (Lipinski definition) is 7. The molecule has 0 aromatic heterocycles. The zero-order valence-electron chi connectivity index (χ0n) is 16.2. The van der Waals surface area contributed by atoms with Crippen LogP contribution in [0.3, 0.4) is 0 Å². The SMILES string of the molecule is O=C(NCc1cccc(CNC(=O)c2cc(O)c(O)c(O)c2O)c1)c1ccccc1O. The number of hydrogen-bond acceptors (Lipinski definition) is 7. The van der Waals surface area contributed by atoms with Gasteiger partial charge in [0.25, 0.3) is 11.8 Å². The molecule has 0 saturated carbocycles. The van der Waals surface area contributed by atoms with Gasteiger partial charge < -0.3 is 36.2 Å². The minimum absolute atomic E-state index is 0.0575. The van der Waals surface area contributed by atoms with E-state index in [1.165, 1.54) is 12.1 Å². The maximum absolute atomic E-state index is 12.3. The van der Waals surface area contributed by atoms with Crippen LogP contribution in [0, 0.1) is 0 Å². The van der Waals surface area contributed by atoms with E-state index >= 15 is 0 Å². The minimum Gasteiger partial charge on any atom is -0.507 e. The van der Waals surface area contributed by atoms with Crippen LogP contribution < -0.4 is 10.6 Å². The first-order valence-electron chi connectivity index (χ1n) is 9.17. The van der Waals surface area contributed by atoms with Gasteiger partial charge in [0.15, 0.2) is 11.5 Å². The van der Waals surface area contributed by atoms with Gasteiger partial charge in [-0.2, -0.15) is 0 Å². The third kappa shape index (κ3) is 4.78.